The molecule has 2 aromatic rings. The van der Waals surface area contributed by atoms with Gasteiger partial charge in [0.15, 0.2) is 12.4 Å². The van der Waals surface area contributed by atoms with Crippen LogP contribution in [0, 0.1) is 6.92 Å². The fourth-order valence-corrected chi connectivity index (χ4v) is 4.76. The number of carbonyl (C=O) groups is 2. The number of Topliss-reactive ketones (excluding diaryl/α,β-unsaturated/α-hetero) is 1. The van der Waals surface area contributed by atoms with E-state index in [1.807, 2.05) is 13.0 Å². The average Bonchev–Trinajstić information content (AvgIpc) is 3.03. The molecule has 0 unspecified atom stereocenters. The third kappa shape index (κ3) is 3.81. The number of thiophene rings is 1. The van der Waals surface area contributed by atoms with Gasteiger partial charge in [0.2, 0.25) is 10.0 Å². The maximum atomic E-state index is 12.4. The van der Waals surface area contributed by atoms with Gasteiger partial charge in [-0.2, -0.15) is 0 Å². The van der Waals surface area contributed by atoms with Gasteiger partial charge in [-0.15, -0.1) is 11.3 Å². The molecule has 0 radical (unpaired) electrons. The molecule has 1 aromatic heterocycles. The van der Waals surface area contributed by atoms with Gasteiger partial charge >= 0.3 is 5.97 Å². The van der Waals surface area contributed by atoms with Crippen LogP contribution in [0.25, 0.3) is 0 Å². The zero-order valence-corrected chi connectivity index (χ0v) is 16.2. The van der Waals surface area contributed by atoms with Crippen LogP contribution in [0.3, 0.4) is 0 Å². The summed E-state index contributed by atoms with van der Waals surface area (Å²) in [6.45, 7) is 1.91. The van der Waals surface area contributed by atoms with E-state index in [1.54, 1.807) is 23.6 Å². The summed E-state index contributed by atoms with van der Waals surface area (Å²) in [5, 5.41) is 1.80. The van der Waals surface area contributed by atoms with E-state index in [0.717, 1.165) is 11.1 Å². The van der Waals surface area contributed by atoms with E-state index in [4.69, 9.17) is 4.74 Å². The van der Waals surface area contributed by atoms with Gasteiger partial charge in [-0.25, -0.2) is 13.2 Å². The zero-order valence-electron chi connectivity index (χ0n) is 14.5. The summed E-state index contributed by atoms with van der Waals surface area (Å²) in [4.78, 5) is 24.9. The Bertz CT molecular complexity index is 962. The fraction of sp³-hybridized carbons (Fsp3) is 0.333. The van der Waals surface area contributed by atoms with Crippen LogP contribution < -0.4 is 4.31 Å². The summed E-state index contributed by atoms with van der Waals surface area (Å²) >= 11 is 1.28. The van der Waals surface area contributed by atoms with E-state index in [9.17, 15) is 18.0 Å². The Morgan fingerprint density at radius 2 is 2.04 bits per heavy atom. The predicted octanol–water partition coefficient (Wildman–Crippen LogP) is 2.81. The molecule has 138 valence electrons. The molecule has 1 aromatic carbocycles. The summed E-state index contributed by atoms with van der Waals surface area (Å²) in [5.74, 6) is -0.820. The van der Waals surface area contributed by atoms with Crippen molar-refractivity contribution in [2.24, 2.45) is 0 Å². The number of nitrogens with zero attached hydrogens (tertiary/aromatic N) is 1. The van der Waals surface area contributed by atoms with Crippen molar-refractivity contribution in [3.63, 3.8) is 0 Å². The molecular weight excluding hydrogens is 374 g/mol. The lowest BCUT2D eigenvalue weighted by Crippen LogP contribution is -2.34. The molecule has 0 atom stereocenters. The Morgan fingerprint density at radius 1 is 1.27 bits per heavy atom. The van der Waals surface area contributed by atoms with Crippen LogP contribution in [-0.2, 0) is 21.2 Å². The molecule has 6 nitrogen and oxygen atoms in total. The van der Waals surface area contributed by atoms with Crippen LogP contribution in [0.2, 0.25) is 0 Å². The molecule has 8 heteroatoms. The second-order valence-electron chi connectivity index (χ2n) is 6.21. The van der Waals surface area contributed by atoms with Crippen molar-refractivity contribution in [1.82, 2.24) is 0 Å². The SMILES string of the molecule is Cc1ccsc1C(=O)OCC(=O)c1ccc2c(c1)CCCN2S(C)(=O)=O. The van der Waals surface area contributed by atoms with Crippen molar-refractivity contribution in [3.8, 4) is 0 Å². The third-order valence-corrected chi connectivity index (χ3v) is 6.44. The van der Waals surface area contributed by atoms with Gasteiger partial charge in [0.1, 0.15) is 4.88 Å². The molecule has 2 heterocycles. The Morgan fingerprint density at radius 3 is 2.69 bits per heavy atom. The number of hydrogen-bond donors (Lipinski definition) is 0. The van der Waals surface area contributed by atoms with Crippen LogP contribution in [0.15, 0.2) is 29.6 Å². The van der Waals surface area contributed by atoms with E-state index in [0.29, 0.717) is 35.5 Å². The van der Waals surface area contributed by atoms with Crippen LogP contribution in [-0.4, -0.2) is 39.6 Å². The number of anilines is 1. The minimum Gasteiger partial charge on any atom is -0.453 e. The molecule has 1 aliphatic rings. The molecule has 0 bridgehead atoms. The average molecular weight is 393 g/mol. The van der Waals surface area contributed by atoms with Crippen LogP contribution in [0.4, 0.5) is 5.69 Å². The highest BCUT2D eigenvalue weighted by molar-refractivity contribution is 7.92. The zero-order chi connectivity index (χ0) is 18.9. The molecule has 0 fully saturated rings. The number of ketones is 1. The highest BCUT2D eigenvalue weighted by Gasteiger charge is 2.25. The fourth-order valence-electron chi connectivity index (χ4n) is 2.94. The van der Waals surface area contributed by atoms with Crippen molar-refractivity contribution in [3.05, 3.63) is 51.2 Å². The second-order valence-corrected chi connectivity index (χ2v) is 9.04. The minimum absolute atomic E-state index is 0.313. The molecule has 0 aliphatic carbocycles. The van der Waals surface area contributed by atoms with Gasteiger partial charge < -0.3 is 4.74 Å². The molecule has 0 amide bonds. The molecular formula is C18H19NO5S2. The first-order valence-electron chi connectivity index (χ1n) is 8.12. The third-order valence-electron chi connectivity index (χ3n) is 4.26. The number of sulfonamides is 1. The van der Waals surface area contributed by atoms with E-state index in [1.165, 1.54) is 21.9 Å². The lowest BCUT2D eigenvalue weighted by Gasteiger charge is -2.29. The molecule has 1 aliphatic heterocycles. The first kappa shape index (κ1) is 18.6. The number of rotatable bonds is 5. The number of hydrogen-bond acceptors (Lipinski definition) is 6. The number of aryl methyl sites for hydroxylation is 2. The Labute approximate surface area is 156 Å². The first-order chi connectivity index (χ1) is 12.3. The normalized spacial score (nSPS) is 14.0. The number of fused-ring (bicyclic) bond motifs is 1. The smallest absolute Gasteiger partial charge is 0.349 e. The summed E-state index contributed by atoms with van der Waals surface area (Å²) in [7, 11) is -3.34. The van der Waals surface area contributed by atoms with Crippen LogP contribution in [0.5, 0.6) is 0 Å². The first-order valence-corrected chi connectivity index (χ1v) is 10.8. The van der Waals surface area contributed by atoms with Crippen molar-refractivity contribution in [2.45, 2.75) is 19.8 Å². The van der Waals surface area contributed by atoms with E-state index < -0.39 is 16.0 Å². The van der Waals surface area contributed by atoms with Crippen molar-refractivity contribution in [1.29, 1.82) is 0 Å². The standard InChI is InChI=1S/C18H19NO5S2/c1-12-7-9-25-17(12)18(21)24-11-16(20)14-5-6-15-13(10-14)4-3-8-19(15)26(2,22)23/h5-7,9-10H,3-4,8,11H2,1-2H3. The molecule has 26 heavy (non-hydrogen) atoms. The second kappa shape index (κ2) is 7.20. The molecule has 0 saturated carbocycles. The number of ether oxygens (including phenoxy) is 1. The van der Waals surface area contributed by atoms with Crippen molar-refractivity contribution >= 4 is 38.8 Å². The monoisotopic (exact) mass is 393 g/mol. The topological polar surface area (TPSA) is 80.8 Å². The maximum Gasteiger partial charge on any atom is 0.349 e. The largest absolute Gasteiger partial charge is 0.453 e. The number of carbonyl (C=O) groups excluding carboxylic acids is 2. The summed E-state index contributed by atoms with van der Waals surface area (Å²) < 4.78 is 30.3. The lowest BCUT2D eigenvalue weighted by molar-refractivity contribution is 0.0479. The minimum atomic E-state index is -3.34. The van der Waals surface area contributed by atoms with Gasteiger partial charge in [-0.1, -0.05) is 0 Å². The summed E-state index contributed by atoms with van der Waals surface area (Å²) in [5.41, 5.74) is 2.66. The quantitative estimate of drug-likeness (QED) is 0.576. The molecule has 3 rings (SSSR count). The summed E-state index contributed by atoms with van der Waals surface area (Å²) in [6.07, 6.45) is 2.58. The Kier molecular flexibility index (Phi) is 5.15. The maximum absolute atomic E-state index is 12.4. The Balaban J connectivity index is 1.73. The van der Waals surface area contributed by atoms with Gasteiger partial charge in [-0.05, 0) is 60.5 Å². The van der Waals surface area contributed by atoms with Crippen LogP contribution in [0.1, 0.15) is 37.6 Å². The highest BCUT2D eigenvalue weighted by Crippen LogP contribution is 2.30. The van der Waals surface area contributed by atoms with Gasteiger partial charge in [0.25, 0.3) is 0 Å². The van der Waals surface area contributed by atoms with Crippen molar-refractivity contribution in [2.75, 3.05) is 23.7 Å². The predicted molar refractivity (Wildman–Crippen MR) is 101 cm³/mol. The lowest BCUT2D eigenvalue weighted by atomic mass is 9.99. The van der Waals surface area contributed by atoms with E-state index >= 15 is 0 Å². The summed E-state index contributed by atoms with van der Waals surface area (Å²) in [6, 6.07) is 6.74. The van der Waals surface area contributed by atoms with Crippen LogP contribution >= 0.6 is 11.3 Å². The van der Waals surface area contributed by atoms with Gasteiger partial charge in [0, 0.05) is 12.1 Å². The van der Waals surface area contributed by atoms with Gasteiger partial charge in [0.05, 0.1) is 11.9 Å². The van der Waals surface area contributed by atoms with E-state index in [-0.39, 0.29) is 12.4 Å². The molecule has 0 saturated heterocycles. The van der Waals surface area contributed by atoms with Gasteiger partial charge in [-0.3, -0.25) is 9.10 Å². The number of esters is 1. The molecule has 0 N–H and O–H groups in total. The number of benzene rings is 1. The Hall–Kier alpha value is -2.19. The van der Waals surface area contributed by atoms with E-state index in [2.05, 4.69) is 0 Å². The van der Waals surface area contributed by atoms with Crippen molar-refractivity contribution < 1.29 is 22.7 Å². The molecule has 0 spiro atoms. The highest BCUT2D eigenvalue weighted by atomic mass is 32.2.